The summed E-state index contributed by atoms with van der Waals surface area (Å²) in [5.74, 6) is 0.185. The number of rotatable bonds is 5. The summed E-state index contributed by atoms with van der Waals surface area (Å²) in [7, 11) is 0. The summed E-state index contributed by atoms with van der Waals surface area (Å²) in [6.45, 7) is 1.33. The third kappa shape index (κ3) is 2.02. The minimum Gasteiger partial charge on any atom is -0.354 e. The number of nitrogens with one attached hydrogen (secondary N) is 1. The third-order valence-electron chi connectivity index (χ3n) is 3.99. The highest BCUT2D eigenvalue weighted by Crippen LogP contribution is 2.46. The van der Waals surface area contributed by atoms with Crippen molar-refractivity contribution in [2.75, 3.05) is 19.3 Å². The Balaban J connectivity index is 1.80. The fourth-order valence-corrected chi connectivity index (χ4v) is 3.04. The van der Waals surface area contributed by atoms with Crippen LogP contribution in [0.2, 0.25) is 0 Å². The lowest BCUT2D eigenvalue weighted by Gasteiger charge is -2.40. The van der Waals surface area contributed by atoms with Gasteiger partial charge in [0, 0.05) is 17.8 Å². The van der Waals surface area contributed by atoms with Gasteiger partial charge in [0.1, 0.15) is 0 Å². The molecule has 0 saturated heterocycles. The highest BCUT2D eigenvalue weighted by molar-refractivity contribution is 8.00. The summed E-state index contributed by atoms with van der Waals surface area (Å²) in [5.41, 5.74) is 5.43. The molecule has 2 fully saturated rings. The largest absolute Gasteiger partial charge is 0.354 e. The van der Waals surface area contributed by atoms with Crippen LogP contribution in [0.5, 0.6) is 0 Å². The molecule has 0 aliphatic heterocycles. The predicted molar refractivity (Wildman–Crippen MR) is 63.8 cm³/mol. The first-order valence-electron chi connectivity index (χ1n) is 5.70. The van der Waals surface area contributed by atoms with E-state index in [0.717, 1.165) is 19.4 Å². The average Bonchev–Trinajstić information content (AvgIpc) is 2.97. The number of hydrogen-bond donors (Lipinski definition) is 2. The molecule has 2 aliphatic carbocycles. The Hall–Kier alpha value is -0.220. The number of hydrogen-bond acceptors (Lipinski definition) is 3. The lowest BCUT2D eigenvalue weighted by Crippen LogP contribution is -2.48. The van der Waals surface area contributed by atoms with Crippen molar-refractivity contribution in [2.45, 2.75) is 36.9 Å². The standard InChI is InChI=1S/C11H20N2OS/c1-15-11(3-2-4-11)8-13-9(14)10(7-12)5-6-10/h2-8,12H2,1H3,(H,13,14). The van der Waals surface area contributed by atoms with Gasteiger partial charge in [0.05, 0.1) is 5.41 Å². The van der Waals surface area contributed by atoms with Gasteiger partial charge in [-0.3, -0.25) is 4.79 Å². The van der Waals surface area contributed by atoms with Crippen molar-refractivity contribution in [1.82, 2.24) is 5.32 Å². The highest BCUT2D eigenvalue weighted by atomic mass is 32.2. The van der Waals surface area contributed by atoms with E-state index >= 15 is 0 Å². The molecule has 4 heteroatoms. The summed E-state index contributed by atoms with van der Waals surface area (Å²) in [6.07, 6.45) is 7.87. The van der Waals surface area contributed by atoms with Gasteiger partial charge in [-0.15, -0.1) is 0 Å². The van der Waals surface area contributed by atoms with E-state index in [-0.39, 0.29) is 11.3 Å². The zero-order chi connectivity index (χ0) is 10.9. The van der Waals surface area contributed by atoms with E-state index < -0.39 is 0 Å². The number of thioether (sulfide) groups is 1. The van der Waals surface area contributed by atoms with Crippen LogP contribution in [0.3, 0.4) is 0 Å². The van der Waals surface area contributed by atoms with Crippen molar-refractivity contribution >= 4 is 17.7 Å². The Morgan fingerprint density at radius 3 is 2.40 bits per heavy atom. The van der Waals surface area contributed by atoms with Crippen LogP contribution in [0.1, 0.15) is 32.1 Å². The van der Waals surface area contributed by atoms with E-state index in [1.165, 1.54) is 19.3 Å². The molecule has 3 N–H and O–H groups in total. The number of amides is 1. The molecule has 1 amide bonds. The molecule has 0 aromatic heterocycles. The van der Waals surface area contributed by atoms with Gasteiger partial charge in [-0.2, -0.15) is 11.8 Å². The first-order valence-corrected chi connectivity index (χ1v) is 6.92. The average molecular weight is 228 g/mol. The monoisotopic (exact) mass is 228 g/mol. The summed E-state index contributed by atoms with van der Waals surface area (Å²) >= 11 is 1.89. The fraction of sp³-hybridized carbons (Fsp3) is 0.909. The van der Waals surface area contributed by atoms with E-state index in [9.17, 15) is 4.79 Å². The molecule has 0 atom stereocenters. The zero-order valence-corrected chi connectivity index (χ0v) is 10.2. The molecular formula is C11H20N2OS. The quantitative estimate of drug-likeness (QED) is 0.741. The summed E-state index contributed by atoms with van der Waals surface area (Å²) in [5, 5.41) is 3.09. The van der Waals surface area contributed by atoms with Gasteiger partial charge < -0.3 is 11.1 Å². The van der Waals surface area contributed by atoms with Crippen molar-refractivity contribution in [3.63, 3.8) is 0 Å². The number of nitrogens with two attached hydrogens (primary N) is 1. The Bertz CT molecular complexity index is 254. The summed E-state index contributed by atoms with van der Waals surface area (Å²) in [6, 6.07) is 0. The summed E-state index contributed by atoms with van der Waals surface area (Å²) in [4.78, 5) is 11.9. The van der Waals surface area contributed by atoms with Gasteiger partial charge in [-0.25, -0.2) is 0 Å². The van der Waals surface area contributed by atoms with Gasteiger partial charge >= 0.3 is 0 Å². The van der Waals surface area contributed by atoms with E-state index in [4.69, 9.17) is 5.73 Å². The van der Waals surface area contributed by atoms with Crippen LogP contribution in [0.25, 0.3) is 0 Å². The Morgan fingerprint density at radius 1 is 1.40 bits per heavy atom. The SMILES string of the molecule is CSC1(CNC(=O)C2(CN)CC2)CCC1. The lowest BCUT2D eigenvalue weighted by molar-refractivity contribution is -0.126. The van der Waals surface area contributed by atoms with E-state index in [2.05, 4.69) is 11.6 Å². The highest BCUT2D eigenvalue weighted by Gasteiger charge is 2.49. The Labute approximate surface area is 95.6 Å². The van der Waals surface area contributed by atoms with Gasteiger partial charge in [0.25, 0.3) is 0 Å². The fourth-order valence-electron chi connectivity index (χ4n) is 2.13. The maximum absolute atomic E-state index is 11.9. The van der Waals surface area contributed by atoms with Crippen LogP contribution in [-0.4, -0.2) is 30.0 Å². The minimum atomic E-state index is -0.191. The molecule has 2 aliphatic rings. The first kappa shape index (κ1) is 11.3. The predicted octanol–water partition coefficient (Wildman–Crippen LogP) is 1.13. The van der Waals surface area contributed by atoms with Crippen LogP contribution >= 0.6 is 11.8 Å². The van der Waals surface area contributed by atoms with E-state index in [0.29, 0.717) is 11.3 Å². The minimum absolute atomic E-state index is 0.185. The van der Waals surface area contributed by atoms with Crippen LogP contribution in [0.4, 0.5) is 0 Å². The van der Waals surface area contributed by atoms with Crippen LogP contribution in [-0.2, 0) is 4.79 Å². The molecule has 0 heterocycles. The van der Waals surface area contributed by atoms with Crippen LogP contribution in [0, 0.1) is 5.41 Å². The molecule has 2 saturated carbocycles. The maximum Gasteiger partial charge on any atom is 0.227 e. The molecule has 2 rings (SSSR count). The van der Waals surface area contributed by atoms with E-state index in [1.807, 2.05) is 11.8 Å². The van der Waals surface area contributed by atoms with Crippen molar-refractivity contribution in [1.29, 1.82) is 0 Å². The van der Waals surface area contributed by atoms with Gasteiger partial charge in [-0.05, 0) is 31.9 Å². The maximum atomic E-state index is 11.9. The van der Waals surface area contributed by atoms with Gasteiger partial charge in [0.2, 0.25) is 5.91 Å². The van der Waals surface area contributed by atoms with Crippen LogP contribution < -0.4 is 11.1 Å². The normalized spacial score (nSPS) is 25.5. The van der Waals surface area contributed by atoms with Crippen molar-refractivity contribution < 1.29 is 4.79 Å². The van der Waals surface area contributed by atoms with Crippen molar-refractivity contribution in [3.05, 3.63) is 0 Å². The second kappa shape index (κ2) is 3.98. The molecule has 86 valence electrons. The molecule has 0 aromatic carbocycles. The second-order valence-electron chi connectivity index (χ2n) is 4.91. The molecule has 0 bridgehead atoms. The molecule has 3 nitrogen and oxygen atoms in total. The molecular weight excluding hydrogens is 208 g/mol. The van der Waals surface area contributed by atoms with Crippen molar-refractivity contribution in [3.8, 4) is 0 Å². The third-order valence-corrected chi connectivity index (χ3v) is 5.41. The van der Waals surface area contributed by atoms with Gasteiger partial charge in [-0.1, -0.05) is 6.42 Å². The second-order valence-corrected chi connectivity index (χ2v) is 6.18. The first-order chi connectivity index (χ1) is 7.16. The molecule has 0 unspecified atom stereocenters. The number of carbonyl (C=O) groups excluding carboxylic acids is 1. The molecule has 15 heavy (non-hydrogen) atoms. The Morgan fingerprint density at radius 2 is 2.07 bits per heavy atom. The van der Waals surface area contributed by atoms with E-state index in [1.54, 1.807) is 0 Å². The van der Waals surface area contributed by atoms with Crippen molar-refractivity contribution in [2.24, 2.45) is 11.1 Å². The van der Waals surface area contributed by atoms with Gasteiger partial charge in [0.15, 0.2) is 0 Å². The molecule has 0 spiro atoms. The topological polar surface area (TPSA) is 55.1 Å². The summed E-state index contributed by atoms with van der Waals surface area (Å²) < 4.78 is 0.334. The molecule has 0 radical (unpaired) electrons. The Kier molecular flexibility index (Phi) is 2.99. The smallest absolute Gasteiger partial charge is 0.227 e. The number of carbonyl (C=O) groups is 1. The zero-order valence-electron chi connectivity index (χ0n) is 9.34. The molecule has 0 aromatic rings. The van der Waals surface area contributed by atoms with Crippen LogP contribution in [0.15, 0.2) is 0 Å². The lowest BCUT2D eigenvalue weighted by atomic mass is 9.84.